The van der Waals surface area contributed by atoms with E-state index in [4.69, 9.17) is 0 Å². The number of ether oxygens (including phenoxy) is 1. The first-order valence-corrected chi connectivity index (χ1v) is 7.56. The van der Waals surface area contributed by atoms with Gasteiger partial charge in [-0.05, 0) is 36.8 Å². The summed E-state index contributed by atoms with van der Waals surface area (Å²) in [5, 5.41) is 3.30. The van der Waals surface area contributed by atoms with Gasteiger partial charge < -0.3 is 15.0 Å². The van der Waals surface area contributed by atoms with Crippen LogP contribution in [0.5, 0.6) is 5.75 Å². The molecule has 0 bridgehead atoms. The van der Waals surface area contributed by atoms with Crippen molar-refractivity contribution in [3.63, 3.8) is 0 Å². The average Bonchev–Trinajstić information content (AvgIpc) is 2.97. The molecule has 0 aliphatic rings. The minimum absolute atomic E-state index is 0.204. The van der Waals surface area contributed by atoms with Crippen molar-refractivity contribution in [1.29, 1.82) is 0 Å². The molecule has 4 nitrogen and oxygen atoms in total. The Balaban J connectivity index is 1.78. The maximum atomic E-state index is 12.4. The van der Waals surface area contributed by atoms with Gasteiger partial charge in [-0.25, -0.2) is 0 Å². The van der Waals surface area contributed by atoms with Crippen molar-refractivity contribution in [1.82, 2.24) is 10.3 Å². The first-order valence-electron chi connectivity index (χ1n) is 7.56. The number of carbonyl (C=O) groups excluding carboxylic acids is 1. The van der Waals surface area contributed by atoms with E-state index in [1.807, 2.05) is 37.3 Å². The van der Waals surface area contributed by atoms with Crippen molar-refractivity contribution < 1.29 is 22.7 Å². The maximum Gasteiger partial charge on any atom is 0.573 e. The topological polar surface area (TPSA) is 54.1 Å². The molecule has 0 saturated heterocycles. The molecule has 3 aromatic rings. The van der Waals surface area contributed by atoms with Crippen molar-refractivity contribution in [2.75, 3.05) is 0 Å². The minimum atomic E-state index is -4.75. The Morgan fingerprint density at radius 2 is 1.84 bits per heavy atom. The molecule has 1 aromatic heterocycles. The van der Waals surface area contributed by atoms with Gasteiger partial charge in [0, 0.05) is 10.9 Å². The summed E-state index contributed by atoms with van der Waals surface area (Å²) in [4.78, 5) is 15.3. The predicted octanol–water partition coefficient (Wildman–Crippen LogP) is 4.56. The van der Waals surface area contributed by atoms with Crippen LogP contribution in [0.3, 0.4) is 0 Å². The fraction of sp³-hybridized carbons (Fsp3) is 0.167. The lowest BCUT2D eigenvalue weighted by molar-refractivity contribution is -0.274. The molecule has 130 valence electrons. The van der Waals surface area contributed by atoms with Gasteiger partial charge in [-0.1, -0.05) is 30.3 Å². The normalized spacial score (nSPS) is 12.8. The number of alkyl halides is 3. The number of hydrogen-bond acceptors (Lipinski definition) is 2. The van der Waals surface area contributed by atoms with Crippen LogP contribution in [0.4, 0.5) is 13.2 Å². The largest absolute Gasteiger partial charge is 0.573 e. The second-order valence-corrected chi connectivity index (χ2v) is 5.59. The minimum Gasteiger partial charge on any atom is -0.406 e. The van der Waals surface area contributed by atoms with Crippen LogP contribution in [0.1, 0.15) is 29.0 Å². The van der Waals surface area contributed by atoms with Gasteiger partial charge in [-0.3, -0.25) is 4.79 Å². The number of H-pyrrole nitrogens is 1. The molecule has 2 N–H and O–H groups in total. The fourth-order valence-electron chi connectivity index (χ4n) is 2.53. The monoisotopic (exact) mass is 348 g/mol. The van der Waals surface area contributed by atoms with Gasteiger partial charge in [0.25, 0.3) is 5.91 Å². The zero-order chi connectivity index (χ0) is 18.0. The Hall–Kier alpha value is -2.96. The smallest absolute Gasteiger partial charge is 0.406 e. The number of halogens is 3. The summed E-state index contributed by atoms with van der Waals surface area (Å²) in [6.45, 7) is 1.85. The molecular weight excluding hydrogens is 333 g/mol. The molecule has 3 rings (SSSR count). The van der Waals surface area contributed by atoms with Crippen LogP contribution >= 0.6 is 0 Å². The number of hydrogen-bond donors (Lipinski definition) is 2. The molecule has 1 heterocycles. The molecule has 2 aromatic carbocycles. The van der Waals surface area contributed by atoms with E-state index < -0.39 is 6.36 Å². The summed E-state index contributed by atoms with van der Waals surface area (Å²) in [6.07, 6.45) is -4.75. The second-order valence-electron chi connectivity index (χ2n) is 5.59. The van der Waals surface area contributed by atoms with E-state index in [1.165, 1.54) is 24.3 Å². The third-order valence-corrected chi connectivity index (χ3v) is 3.72. The standard InChI is InChI=1S/C18H15F3N2O2/c1-11(12-5-3-2-4-6-12)22-17(24)16-10-13-9-14(25-18(19,20)21)7-8-15(13)23-16/h2-11,23H,1H3,(H,22,24)/t11-/m1/s1. The lowest BCUT2D eigenvalue weighted by Gasteiger charge is -2.13. The van der Waals surface area contributed by atoms with Crippen molar-refractivity contribution in [3.8, 4) is 5.75 Å². The van der Waals surface area contributed by atoms with Crippen molar-refractivity contribution in [3.05, 3.63) is 65.9 Å². The van der Waals surface area contributed by atoms with Crippen LogP contribution in [-0.4, -0.2) is 17.3 Å². The van der Waals surface area contributed by atoms with E-state index in [2.05, 4.69) is 15.0 Å². The molecule has 7 heteroatoms. The summed E-state index contributed by atoms with van der Waals surface area (Å²) in [5.41, 5.74) is 1.77. The van der Waals surface area contributed by atoms with Gasteiger partial charge in [0.05, 0.1) is 6.04 Å². The number of nitrogens with one attached hydrogen (secondary N) is 2. The zero-order valence-electron chi connectivity index (χ0n) is 13.2. The highest BCUT2D eigenvalue weighted by Crippen LogP contribution is 2.27. The van der Waals surface area contributed by atoms with E-state index in [0.717, 1.165) is 5.56 Å². The van der Waals surface area contributed by atoms with Gasteiger partial charge in [-0.15, -0.1) is 13.2 Å². The highest BCUT2D eigenvalue weighted by atomic mass is 19.4. The van der Waals surface area contributed by atoms with Crippen molar-refractivity contribution in [2.24, 2.45) is 0 Å². The molecule has 1 amide bonds. The molecule has 0 saturated carbocycles. The van der Waals surface area contributed by atoms with Crippen LogP contribution in [0.25, 0.3) is 10.9 Å². The first kappa shape index (κ1) is 16.9. The molecular formula is C18H15F3N2O2. The summed E-state index contributed by atoms with van der Waals surface area (Å²) >= 11 is 0. The fourth-order valence-corrected chi connectivity index (χ4v) is 2.53. The molecule has 25 heavy (non-hydrogen) atoms. The van der Waals surface area contributed by atoms with E-state index >= 15 is 0 Å². The number of aromatic amines is 1. The summed E-state index contributed by atoms with van der Waals surface area (Å²) in [5.74, 6) is -0.672. The van der Waals surface area contributed by atoms with Gasteiger partial charge >= 0.3 is 6.36 Å². The van der Waals surface area contributed by atoms with Crippen LogP contribution in [0.2, 0.25) is 0 Å². The zero-order valence-corrected chi connectivity index (χ0v) is 13.2. The Bertz CT molecular complexity index is 888. The molecule has 0 fully saturated rings. The van der Waals surface area contributed by atoms with Crippen LogP contribution in [0, 0.1) is 0 Å². The highest BCUT2D eigenvalue weighted by Gasteiger charge is 2.31. The lowest BCUT2D eigenvalue weighted by atomic mass is 10.1. The lowest BCUT2D eigenvalue weighted by Crippen LogP contribution is -2.26. The maximum absolute atomic E-state index is 12.4. The molecule has 0 radical (unpaired) electrons. The van der Waals surface area contributed by atoms with Gasteiger partial charge in [0.2, 0.25) is 0 Å². The number of benzene rings is 2. The van der Waals surface area contributed by atoms with Gasteiger partial charge in [0.1, 0.15) is 11.4 Å². The van der Waals surface area contributed by atoms with Crippen LogP contribution < -0.4 is 10.1 Å². The van der Waals surface area contributed by atoms with E-state index in [1.54, 1.807) is 0 Å². The van der Waals surface area contributed by atoms with Gasteiger partial charge in [0.15, 0.2) is 0 Å². The second kappa shape index (κ2) is 6.51. The highest BCUT2D eigenvalue weighted by molar-refractivity contribution is 5.98. The number of carbonyl (C=O) groups is 1. The number of rotatable bonds is 4. The summed E-state index contributed by atoms with van der Waals surface area (Å²) < 4.78 is 40.7. The van der Waals surface area contributed by atoms with E-state index in [9.17, 15) is 18.0 Å². The van der Waals surface area contributed by atoms with E-state index in [0.29, 0.717) is 10.9 Å². The number of aromatic nitrogens is 1. The Labute approximate surface area is 141 Å². The SMILES string of the molecule is C[C@@H](NC(=O)c1cc2cc(OC(F)(F)F)ccc2[nH]1)c1ccccc1. The van der Waals surface area contributed by atoms with Crippen LogP contribution in [-0.2, 0) is 0 Å². The van der Waals surface area contributed by atoms with Crippen LogP contribution in [0.15, 0.2) is 54.6 Å². The Kier molecular flexibility index (Phi) is 4.39. The first-order chi connectivity index (χ1) is 11.8. The molecule has 0 spiro atoms. The van der Waals surface area contributed by atoms with Gasteiger partial charge in [-0.2, -0.15) is 0 Å². The van der Waals surface area contributed by atoms with E-state index in [-0.39, 0.29) is 23.4 Å². The molecule has 0 aliphatic carbocycles. The summed E-state index contributed by atoms with van der Waals surface area (Å²) in [6, 6.07) is 14.6. The number of amides is 1. The predicted molar refractivity (Wildman–Crippen MR) is 87.3 cm³/mol. The molecule has 0 aliphatic heterocycles. The summed E-state index contributed by atoms with van der Waals surface area (Å²) in [7, 11) is 0. The molecule has 0 unspecified atom stereocenters. The third-order valence-electron chi connectivity index (χ3n) is 3.72. The average molecular weight is 348 g/mol. The number of fused-ring (bicyclic) bond motifs is 1. The third kappa shape index (κ3) is 4.12. The quantitative estimate of drug-likeness (QED) is 0.726. The Morgan fingerprint density at radius 1 is 1.12 bits per heavy atom. The van der Waals surface area contributed by atoms with Crippen molar-refractivity contribution in [2.45, 2.75) is 19.3 Å². The molecule has 1 atom stereocenters. The van der Waals surface area contributed by atoms with Crippen molar-refractivity contribution >= 4 is 16.8 Å². The Morgan fingerprint density at radius 3 is 2.52 bits per heavy atom.